The van der Waals surface area contributed by atoms with Gasteiger partial charge < -0.3 is 4.74 Å². The van der Waals surface area contributed by atoms with Gasteiger partial charge in [-0.1, -0.05) is 13.8 Å². The molecule has 5 nitrogen and oxygen atoms in total. The van der Waals surface area contributed by atoms with Crippen molar-refractivity contribution in [1.82, 2.24) is 4.31 Å². The number of hydrogen-bond acceptors (Lipinski definition) is 4. The van der Waals surface area contributed by atoms with E-state index in [1.165, 1.54) is 7.05 Å². The van der Waals surface area contributed by atoms with Crippen molar-refractivity contribution in [2.75, 3.05) is 14.2 Å². The first-order valence-electron chi connectivity index (χ1n) is 6.48. The molecule has 1 unspecified atom stereocenters. The minimum atomic E-state index is -4.00. The smallest absolute Gasteiger partial charge is 0.339 e. The highest BCUT2D eigenvalue weighted by atomic mass is 32.2. The van der Waals surface area contributed by atoms with Gasteiger partial charge in [-0.05, 0) is 31.0 Å². The lowest BCUT2D eigenvalue weighted by Gasteiger charge is -2.27. The second-order valence-electron chi connectivity index (χ2n) is 5.14. The molecule has 1 rings (SSSR count). The van der Waals surface area contributed by atoms with Gasteiger partial charge in [-0.3, -0.25) is 0 Å². The molecule has 0 saturated carbocycles. The largest absolute Gasteiger partial charge is 0.465 e. The third kappa shape index (κ3) is 3.59. The highest BCUT2D eigenvalue weighted by molar-refractivity contribution is 7.89. The summed E-state index contributed by atoms with van der Waals surface area (Å²) < 4.78 is 44.4. The first kappa shape index (κ1) is 17.6. The number of benzene rings is 1. The summed E-state index contributed by atoms with van der Waals surface area (Å²) in [4.78, 5) is 11.3. The number of carbonyl (C=O) groups is 1. The Morgan fingerprint density at radius 2 is 1.86 bits per heavy atom. The Morgan fingerprint density at radius 1 is 1.29 bits per heavy atom. The zero-order valence-corrected chi connectivity index (χ0v) is 13.6. The van der Waals surface area contributed by atoms with Gasteiger partial charge in [0.15, 0.2) is 0 Å². The molecule has 1 aromatic carbocycles. The van der Waals surface area contributed by atoms with E-state index in [4.69, 9.17) is 0 Å². The number of methoxy groups -OCH3 is 1. The van der Waals surface area contributed by atoms with E-state index in [1.807, 2.05) is 13.8 Å². The van der Waals surface area contributed by atoms with Crippen molar-refractivity contribution >= 4 is 16.0 Å². The lowest BCUT2D eigenvalue weighted by Crippen LogP contribution is -2.38. The topological polar surface area (TPSA) is 63.7 Å². The van der Waals surface area contributed by atoms with Crippen LogP contribution in [0.15, 0.2) is 23.1 Å². The molecule has 0 spiro atoms. The minimum Gasteiger partial charge on any atom is -0.465 e. The van der Waals surface area contributed by atoms with Crippen molar-refractivity contribution in [3.63, 3.8) is 0 Å². The van der Waals surface area contributed by atoms with Gasteiger partial charge in [-0.2, -0.15) is 4.31 Å². The first-order valence-corrected chi connectivity index (χ1v) is 7.92. The Bertz CT molecular complexity index is 628. The Morgan fingerprint density at radius 3 is 2.33 bits per heavy atom. The van der Waals surface area contributed by atoms with E-state index in [0.29, 0.717) is 0 Å². The van der Waals surface area contributed by atoms with E-state index >= 15 is 0 Å². The number of ether oxygens (including phenoxy) is 1. The van der Waals surface area contributed by atoms with Gasteiger partial charge in [-0.25, -0.2) is 17.6 Å². The van der Waals surface area contributed by atoms with Gasteiger partial charge in [0.25, 0.3) is 0 Å². The Balaban J connectivity index is 3.43. The van der Waals surface area contributed by atoms with Gasteiger partial charge >= 0.3 is 5.97 Å². The maximum absolute atomic E-state index is 13.4. The molecule has 21 heavy (non-hydrogen) atoms. The highest BCUT2D eigenvalue weighted by Gasteiger charge is 2.31. The molecule has 0 heterocycles. The van der Waals surface area contributed by atoms with Crippen LogP contribution in [0.3, 0.4) is 0 Å². The molecule has 0 N–H and O–H groups in total. The summed E-state index contributed by atoms with van der Waals surface area (Å²) >= 11 is 0. The lowest BCUT2D eigenvalue weighted by atomic mass is 10.1. The van der Waals surface area contributed by atoms with E-state index in [0.717, 1.165) is 29.6 Å². The molecule has 0 aliphatic carbocycles. The third-order valence-electron chi connectivity index (χ3n) is 3.54. The normalized spacial score (nSPS) is 13.5. The molecule has 0 radical (unpaired) electrons. The monoisotopic (exact) mass is 317 g/mol. The predicted octanol–water partition coefficient (Wildman–Crippen LogP) is 2.28. The fourth-order valence-corrected chi connectivity index (χ4v) is 3.46. The van der Waals surface area contributed by atoms with E-state index in [9.17, 15) is 17.6 Å². The van der Waals surface area contributed by atoms with Crippen LogP contribution in [0.1, 0.15) is 31.1 Å². The number of carbonyl (C=O) groups excluding carboxylic acids is 1. The predicted molar refractivity (Wildman–Crippen MR) is 77.0 cm³/mol. The van der Waals surface area contributed by atoms with E-state index in [-0.39, 0.29) is 22.4 Å². The average molecular weight is 317 g/mol. The molecular formula is C14H20FNO4S. The minimum absolute atomic E-state index is 0.0694. The van der Waals surface area contributed by atoms with Crippen molar-refractivity contribution < 1.29 is 22.3 Å². The molecular weight excluding hydrogens is 297 g/mol. The van der Waals surface area contributed by atoms with Crippen LogP contribution >= 0.6 is 0 Å². The molecule has 7 heteroatoms. The maximum atomic E-state index is 13.4. The molecule has 1 atom stereocenters. The number of nitrogens with zero attached hydrogens (tertiary/aromatic N) is 1. The summed E-state index contributed by atoms with van der Waals surface area (Å²) in [6.07, 6.45) is 0. The maximum Gasteiger partial charge on any atom is 0.339 e. The number of rotatable bonds is 5. The molecule has 0 saturated heterocycles. The average Bonchev–Trinajstić information content (AvgIpc) is 2.44. The van der Waals surface area contributed by atoms with Crippen molar-refractivity contribution in [2.45, 2.75) is 31.7 Å². The molecule has 0 aliphatic heterocycles. The molecule has 0 aromatic heterocycles. The van der Waals surface area contributed by atoms with E-state index in [2.05, 4.69) is 4.74 Å². The van der Waals surface area contributed by atoms with Crippen LogP contribution in [0.4, 0.5) is 4.39 Å². The zero-order valence-electron chi connectivity index (χ0n) is 12.8. The molecule has 0 fully saturated rings. The van der Waals surface area contributed by atoms with Gasteiger partial charge in [-0.15, -0.1) is 0 Å². The Hall–Kier alpha value is -1.47. The third-order valence-corrected chi connectivity index (χ3v) is 5.53. The molecule has 118 valence electrons. The van der Waals surface area contributed by atoms with Crippen LogP contribution in [-0.2, 0) is 14.8 Å². The fourth-order valence-electron chi connectivity index (χ4n) is 1.78. The van der Waals surface area contributed by atoms with Crippen LogP contribution in [-0.4, -0.2) is 38.9 Å². The van der Waals surface area contributed by atoms with Gasteiger partial charge in [0.1, 0.15) is 5.82 Å². The summed E-state index contributed by atoms with van der Waals surface area (Å²) in [6.45, 7) is 5.51. The van der Waals surface area contributed by atoms with Crippen molar-refractivity contribution in [2.24, 2.45) is 5.92 Å². The van der Waals surface area contributed by atoms with Crippen LogP contribution in [0.2, 0.25) is 0 Å². The van der Waals surface area contributed by atoms with Crippen LogP contribution in [0.25, 0.3) is 0 Å². The summed E-state index contributed by atoms with van der Waals surface area (Å²) in [5.41, 5.74) is -0.179. The SMILES string of the molecule is COC(=O)c1ccc(F)cc1S(=O)(=O)N(C)C(C)C(C)C. The second-order valence-corrected chi connectivity index (χ2v) is 7.10. The Labute approximate surface area is 124 Å². The standard InChI is InChI=1S/C14H20FNO4S/c1-9(2)10(3)16(4)21(18,19)13-8-11(15)6-7-12(13)14(17)20-5/h6-10H,1-5H3. The molecule has 0 aliphatic rings. The first-order chi connectivity index (χ1) is 9.62. The summed E-state index contributed by atoms with van der Waals surface area (Å²) in [7, 11) is -1.45. The number of sulfonamides is 1. The van der Waals surface area contributed by atoms with Crippen molar-refractivity contribution in [3.05, 3.63) is 29.6 Å². The number of halogens is 1. The second kappa shape index (κ2) is 6.53. The summed E-state index contributed by atoms with van der Waals surface area (Å²) in [5.74, 6) is -1.48. The van der Waals surface area contributed by atoms with Gasteiger partial charge in [0.2, 0.25) is 10.0 Å². The summed E-state index contributed by atoms with van der Waals surface area (Å²) in [5, 5.41) is 0. The van der Waals surface area contributed by atoms with Crippen molar-refractivity contribution in [3.8, 4) is 0 Å². The van der Waals surface area contributed by atoms with E-state index < -0.39 is 21.8 Å². The lowest BCUT2D eigenvalue weighted by molar-refractivity contribution is 0.0596. The number of esters is 1. The zero-order chi connectivity index (χ0) is 16.4. The van der Waals surface area contributed by atoms with Gasteiger partial charge in [0.05, 0.1) is 17.6 Å². The van der Waals surface area contributed by atoms with Crippen molar-refractivity contribution in [1.29, 1.82) is 0 Å². The Kier molecular flexibility index (Phi) is 5.47. The fraction of sp³-hybridized carbons (Fsp3) is 0.500. The van der Waals surface area contributed by atoms with Gasteiger partial charge in [0, 0.05) is 13.1 Å². The summed E-state index contributed by atoms with van der Waals surface area (Å²) in [6, 6.07) is 2.67. The van der Waals surface area contributed by atoms with Crippen LogP contribution in [0, 0.1) is 11.7 Å². The molecule has 1 aromatic rings. The van der Waals surface area contributed by atoms with E-state index in [1.54, 1.807) is 6.92 Å². The quantitative estimate of drug-likeness (QED) is 0.782. The number of hydrogen-bond donors (Lipinski definition) is 0. The van der Waals surface area contributed by atoms with Crippen LogP contribution in [0.5, 0.6) is 0 Å². The molecule has 0 amide bonds. The molecule has 0 bridgehead atoms. The van der Waals surface area contributed by atoms with Crippen LogP contribution < -0.4 is 0 Å². The highest BCUT2D eigenvalue weighted by Crippen LogP contribution is 2.24.